The number of aromatic nitrogens is 1. The molecule has 2 heterocycles. The summed E-state index contributed by atoms with van der Waals surface area (Å²) in [5.74, 6) is 0. The molecule has 1 aliphatic rings. The average Bonchev–Trinajstić information content (AvgIpc) is 2.56. The normalized spacial score (nSPS) is 18.0. The van der Waals surface area contributed by atoms with Gasteiger partial charge in [-0.3, -0.25) is 9.88 Å². The van der Waals surface area contributed by atoms with Gasteiger partial charge in [0.2, 0.25) is 0 Å². The van der Waals surface area contributed by atoms with Crippen LogP contribution in [0, 0.1) is 0 Å². The van der Waals surface area contributed by atoms with E-state index in [9.17, 15) is 0 Å². The lowest BCUT2D eigenvalue weighted by Gasteiger charge is -2.32. The van der Waals surface area contributed by atoms with E-state index in [1.165, 1.54) is 43.3 Å². The summed E-state index contributed by atoms with van der Waals surface area (Å²) in [7, 11) is 0. The van der Waals surface area contributed by atoms with Gasteiger partial charge in [0.05, 0.1) is 5.52 Å². The fourth-order valence-corrected chi connectivity index (χ4v) is 3.21. The van der Waals surface area contributed by atoms with Crippen molar-refractivity contribution in [3.05, 3.63) is 42.1 Å². The molecule has 1 atom stereocenters. The van der Waals surface area contributed by atoms with Crippen molar-refractivity contribution in [1.82, 2.24) is 15.2 Å². The van der Waals surface area contributed by atoms with Crippen LogP contribution in [0.4, 0.5) is 0 Å². The smallest absolute Gasteiger partial charge is 0.0746 e. The number of benzene rings is 1. The lowest BCUT2D eigenvalue weighted by Crippen LogP contribution is -2.42. The first kappa shape index (κ1) is 14.5. The average molecular weight is 283 g/mol. The minimum atomic E-state index is 0.619. The van der Waals surface area contributed by atoms with E-state index in [1.807, 2.05) is 12.3 Å². The highest BCUT2D eigenvalue weighted by molar-refractivity contribution is 5.81. The van der Waals surface area contributed by atoms with Gasteiger partial charge in [-0.2, -0.15) is 0 Å². The van der Waals surface area contributed by atoms with Crippen LogP contribution < -0.4 is 5.32 Å². The third-order valence-electron chi connectivity index (χ3n) is 4.49. The van der Waals surface area contributed by atoms with Crippen LogP contribution in [0.15, 0.2) is 36.5 Å². The standard InChI is InChI=1S/C18H25N3/c1-15(21-11-3-2-4-12-21)13-19-14-17-8-5-7-16-9-6-10-20-18(16)17/h5-10,15,19H,2-4,11-14H2,1H3. The molecule has 1 saturated heterocycles. The highest BCUT2D eigenvalue weighted by atomic mass is 15.2. The van der Waals surface area contributed by atoms with Gasteiger partial charge in [-0.15, -0.1) is 0 Å². The van der Waals surface area contributed by atoms with E-state index >= 15 is 0 Å². The molecular formula is C18H25N3. The molecule has 0 saturated carbocycles. The summed E-state index contributed by atoms with van der Waals surface area (Å²) in [6.07, 6.45) is 6.00. The summed E-state index contributed by atoms with van der Waals surface area (Å²) >= 11 is 0. The molecule has 0 bridgehead atoms. The largest absolute Gasteiger partial charge is 0.311 e. The number of nitrogens with one attached hydrogen (secondary N) is 1. The molecule has 2 aromatic rings. The topological polar surface area (TPSA) is 28.2 Å². The summed E-state index contributed by atoms with van der Waals surface area (Å²) in [5, 5.41) is 4.83. The zero-order valence-corrected chi connectivity index (χ0v) is 12.9. The van der Waals surface area contributed by atoms with Crippen LogP contribution >= 0.6 is 0 Å². The Labute approximate surface area is 127 Å². The quantitative estimate of drug-likeness (QED) is 0.913. The van der Waals surface area contributed by atoms with Crippen molar-refractivity contribution in [2.24, 2.45) is 0 Å². The van der Waals surface area contributed by atoms with Gasteiger partial charge >= 0.3 is 0 Å². The summed E-state index contributed by atoms with van der Waals surface area (Å²) in [5.41, 5.74) is 2.41. The van der Waals surface area contributed by atoms with E-state index in [0.717, 1.165) is 18.6 Å². The number of likely N-dealkylation sites (tertiary alicyclic amines) is 1. The molecule has 112 valence electrons. The van der Waals surface area contributed by atoms with Gasteiger partial charge < -0.3 is 5.32 Å². The zero-order chi connectivity index (χ0) is 14.5. The van der Waals surface area contributed by atoms with Gasteiger partial charge in [-0.1, -0.05) is 30.7 Å². The Balaban J connectivity index is 1.56. The highest BCUT2D eigenvalue weighted by Gasteiger charge is 2.16. The Hall–Kier alpha value is -1.45. The summed E-state index contributed by atoms with van der Waals surface area (Å²) in [6, 6.07) is 11.2. The van der Waals surface area contributed by atoms with Crippen LogP contribution in [-0.4, -0.2) is 35.6 Å². The molecule has 1 aromatic carbocycles. The van der Waals surface area contributed by atoms with Gasteiger partial charge in [-0.25, -0.2) is 0 Å². The Kier molecular flexibility index (Phi) is 4.84. The fraction of sp³-hybridized carbons (Fsp3) is 0.500. The molecular weight excluding hydrogens is 258 g/mol. The van der Waals surface area contributed by atoms with Gasteiger partial charge in [-0.05, 0) is 44.5 Å². The van der Waals surface area contributed by atoms with Crippen molar-refractivity contribution < 1.29 is 0 Å². The molecule has 1 unspecified atom stereocenters. The monoisotopic (exact) mass is 283 g/mol. The van der Waals surface area contributed by atoms with E-state index in [0.29, 0.717) is 6.04 Å². The molecule has 21 heavy (non-hydrogen) atoms. The number of rotatable bonds is 5. The number of fused-ring (bicyclic) bond motifs is 1. The van der Waals surface area contributed by atoms with Gasteiger partial charge in [0.25, 0.3) is 0 Å². The molecule has 0 aliphatic carbocycles. The lowest BCUT2D eigenvalue weighted by molar-refractivity contribution is 0.170. The van der Waals surface area contributed by atoms with E-state index < -0.39 is 0 Å². The molecule has 1 aromatic heterocycles. The van der Waals surface area contributed by atoms with Crippen LogP contribution in [0.1, 0.15) is 31.7 Å². The molecule has 3 heteroatoms. The van der Waals surface area contributed by atoms with E-state index in [4.69, 9.17) is 0 Å². The highest BCUT2D eigenvalue weighted by Crippen LogP contribution is 2.16. The molecule has 0 amide bonds. The molecule has 1 N–H and O–H groups in total. The van der Waals surface area contributed by atoms with Gasteiger partial charge in [0, 0.05) is 30.7 Å². The van der Waals surface area contributed by atoms with Crippen LogP contribution in [0.3, 0.4) is 0 Å². The first-order valence-electron chi connectivity index (χ1n) is 8.12. The second-order valence-corrected chi connectivity index (χ2v) is 6.07. The molecule has 1 aliphatic heterocycles. The van der Waals surface area contributed by atoms with E-state index in [1.54, 1.807) is 0 Å². The van der Waals surface area contributed by atoms with Gasteiger partial charge in [0.15, 0.2) is 0 Å². The third kappa shape index (κ3) is 3.60. The molecule has 0 radical (unpaired) electrons. The minimum Gasteiger partial charge on any atom is -0.311 e. The maximum Gasteiger partial charge on any atom is 0.0746 e. The maximum atomic E-state index is 4.52. The Morgan fingerprint density at radius 2 is 1.95 bits per heavy atom. The van der Waals surface area contributed by atoms with E-state index in [-0.39, 0.29) is 0 Å². The predicted molar refractivity (Wildman–Crippen MR) is 88.3 cm³/mol. The first-order chi connectivity index (χ1) is 10.3. The van der Waals surface area contributed by atoms with Crippen molar-refractivity contribution in [2.75, 3.05) is 19.6 Å². The van der Waals surface area contributed by atoms with Crippen molar-refractivity contribution in [1.29, 1.82) is 0 Å². The van der Waals surface area contributed by atoms with Crippen LogP contribution in [-0.2, 0) is 6.54 Å². The van der Waals surface area contributed by atoms with Crippen molar-refractivity contribution in [3.63, 3.8) is 0 Å². The number of para-hydroxylation sites is 1. The minimum absolute atomic E-state index is 0.619. The second-order valence-electron chi connectivity index (χ2n) is 6.07. The Morgan fingerprint density at radius 3 is 2.81 bits per heavy atom. The van der Waals surface area contributed by atoms with Crippen LogP contribution in [0.25, 0.3) is 10.9 Å². The SMILES string of the molecule is CC(CNCc1cccc2cccnc12)N1CCCCC1. The Bertz CT molecular complexity index is 570. The van der Waals surface area contributed by atoms with Gasteiger partial charge in [0.1, 0.15) is 0 Å². The number of hydrogen-bond acceptors (Lipinski definition) is 3. The number of pyridine rings is 1. The summed E-state index contributed by atoms with van der Waals surface area (Å²) in [4.78, 5) is 7.13. The zero-order valence-electron chi connectivity index (χ0n) is 12.9. The first-order valence-corrected chi connectivity index (χ1v) is 8.12. The fourth-order valence-electron chi connectivity index (χ4n) is 3.21. The number of piperidine rings is 1. The molecule has 3 rings (SSSR count). The Morgan fingerprint density at radius 1 is 1.14 bits per heavy atom. The molecule has 0 spiro atoms. The van der Waals surface area contributed by atoms with E-state index in [2.05, 4.69) is 46.4 Å². The van der Waals surface area contributed by atoms with Crippen LogP contribution in [0.5, 0.6) is 0 Å². The van der Waals surface area contributed by atoms with Crippen molar-refractivity contribution >= 4 is 10.9 Å². The number of nitrogens with zero attached hydrogens (tertiary/aromatic N) is 2. The third-order valence-corrected chi connectivity index (χ3v) is 4.49. The lowest BCUT2D eigenvalue weighted by atomic mass is 10.1. The predicted octanol–water partition coefficient (Wildman–Crippen LogP) is 3.20. The molecule has 1 fully saturated rings. The summed E-state index contributed by atoms with van der Waals surface area (Å²) in [6.45, 7) is 6.80. The van der Waals surface area contributed by atoms with Crippen molar-refractivity contribution in [3.8, 4) is 0 Å². The maximum absolute atomic E-state index is 4.52. The van der Waals surface area contributed by atoms with Crippen LogP contribution in [0.2, 0.25) is 0 Å². The number of hydrogen-bond donors (Lipinski definition) is 1. The molecule has 3 nitrogen and oxygen atoms in total. The summed E-state index contributed by atoms with van der Waals surface area (Å²) < 4.78 is 0. The second kappa shape index (κ2) is 7.01. The van der Waals surface area contributed by atoms with Crippen molar-refractivity contribution in [2.45, 2.75) is 38.8 Å².